The summed E-state index contributed by atoms with van der Waals surface area (Å²) in [5.74, 6) is 0.242. The van der Waals surface area contributed by atoms with Gasteiger partial charge < -0.3 is 4.74 Å². The number of hydrogen-bond donors (Lipinski definition) is 0. The molecule has 0 radical (unpaired) electrons. The Hall–Kier alpha value is 0.1000. The average Bonchev–Trinajstić information content (AvgIpc) is 2.17. The highest BCUT2D eigenvalue weighted by molar-refractivity contribution is 14.1. The molecule has 0 bridgehead atoms. The number of halogens is 1. The van der Waals surface area contributed by atoms with Gasteiger partial charge in [0, 0.05) is 22.5 Å². The monoisotopic (exact) mass is 308 g/mol. The number of carbonyl (C=O) groups is 1. The minimum atomic E-state index is 0.0445. The highest BCUT2D eigenvalue weighted by Crippen LogP contribution is 2.27. The van der Waals surface area contributed by atoms with E-state index in [0.29, 0.717) is 17.0 Å². The smallest absolute Gasteiger partial charge is 0.160 e. The maximum atomic E-state index is 11.6. The maximum Gasteiger partial charge on any atom is 0.160 e. The Balaban J connectivity index is 2.72. The van der Waals surface area contributed by atoms with Crippen LogP contribution in [0.1, 0.15) is 33.1 Å². The Morgan fingerprint density at radius 1 is 1.64 bits per heavy atom. The molecule has 0 heterocycles. The zero-order valence-electron chi connectivity index (χ0n) is 8.75. The number of ketones is 1. The lowest BCUT2D eigenvalue weighted by Gasteiger charge is -2.26. The number of allylic oxidation sites excluding steroid dienone is 1. The van der Waals surface area contributed by atoms with Crippen molar-refractivity contribution in [3.8, 4) is 0 Å². The van der Waals surface area contributed by atoms with E-state index in [4.69, 9.17) is 4.74 Å². The molecular weight excluding hydrogens is 291 g/mol. The van der Waals surface area contributed by atoms with Crippen molar-refractivity contribution in [3.05, 3.63) is 11.6 Å². The molecule has 1 rings (SSSR count). The molecule has 0 aromatic carbocycles. The van der Waals surface area contributed by atoms with Crippen molar-refractivity contribution in [2.24, 2.45) is 0 Å². The van der Waals surface area contributed by atoms with Gasteiger partial charge in [-0.25, -0.2) is 0 Å². The van der Waals surface area contributed by atoms with Crippen molar-refractivity contribution in [3.63, 3.8) is 0 Å². The van der Waals surface area contributed by atoms with Gasteiger partial charge in [0.2, 0.25) is 0 Å². The Bertz CT molecular complexity index is 235. The lowest BCUT2D eigenvalue weighted by Crippen LogP contribution is -2.28. The Morgan fingerprint density at radius 2 is 2.36 bits per heavy atom. The zero-order chi connectivity index (χ0) is 10.6. The number of hydrogen-bond acceptors (Lipinski definition) is 2. The lowest BCUT2D eigenvalue weighted by molar-refractivity contribution is -0.116. The first-order valence-electron chi connectivity index (χ1n) is 5.17. The maximum absolute atomic E-state index is 11.6. The standard InChI is InChI=1S/C11H17IO2/c1-3-10(13)9-6-5-8(12)7-11(9)14-4-2/h6,8,11H,3-5,7H2,1-2H3/t8-,11-/m0/s1. The van der Waals surface area contributed by atoms with Crippen LogP contribution in [0.2, 0.25) is 0 Å². The van der Waals surface area contributed by atoms with Crippen molar-refractivity contribution < 1.29 is 9.53 Å². The first-order valence-corrected chi connectivity index (χ1v) is 6.42. The quantitative estimate of drug-likeness (QED) is 0.590. The van der Waals surface area contributed by atoms with Crippen molar-refractivity contribution in [2.45, 2.75) is 43.1 Å². The molecule has 2 nitrogen and oxygen atoms in total. The van der Waals surface area contributed by atoms with Crippen LogP contribution in [0.3, 0.4) is 0 Å². The lowest BCUT2D eigenvalue weighted by atomic mass is 9.92. The van der Waals surface area contributed by atoms with Gasteiger partial charge in [-0.15, -0.1) is 0 Å². The van der Waals surface area contributed by atoms with Crippen LogP contribution in [0.4, 0.5) is 0 Å². The van der Waals surface area contributed by atoms with Gasteiger partial charge in [-0.05, 0) is 19.8 Å². The van der Waals surface area contributed by atoms with Gasteiger partial charge in [0.05, 0.1) is 6.10 Å². The molecule has 2 atom stereocenters. The molecule has 0 aliphatic heterocycles. The summed E-state index contributed by atoms with van der Waals surface area (Å²) in [6.45, 7) is 4.57. The number of Topliss-reactive ketones (excluding diaryl/α,β-unsaturated/α-hetero) is 1. The van der Waals surface area contributed by atoms with E-state index in [1.54, 1.807) is 0 Å². The van der Waals surface area contributed by atoms with Gasteiger partial charge in [-0.1, -0.05) is 35.6 Å². The molecule has 0 aromatic heterocycles. The normalized spacial score (nSPS) is 27.2. The van der Waals surface area contributed by atoms with Crippen molar-refractivity contribution >= 4 is 28.4 Å². The average molecular weight is 308 g/mol. The molecule has 0 saturated carbocycles. The second-order valence-corrected chi connectivity index (χ2v) is 5.21. The summed E-state index contributed by atoms with van der Waals surface area (Å²) in [5, 5.41) is 0. The second kappa shape index (κ2) is 5.85. The van der Waals surface area contributed by atoms with Gasteiger partial charge in [0.25, 0.3) is 0 Å². The van der Waals surface area contributed by atoms with Gasteiger partial charge in [-0.3, -0.25) is 4.79 Å². The fraction of sp³-hybridized carbons (Fsp3) is 0.727. The molecule has 0 unspecified atom stereocenters. The van der Waals surface area contributed by atoms with E-state index in [9.17, 15) is 4.79 Å². The van der Waals surface area contributed by atoms with Crippen molar-refractivity contribution in [1.82, 2.24) is 0 Å². The summed E-state index contributed by atoms with van der Waals surface area (Å²) in [6, 6.07) is 0. The Kier molecular flexibility index (Phi) is 5.09. The fourth-order valence-electron chi connectivity index (χ4n) is 1.70. The van der Waals surface area contributed by atoms with Crippen LogP contribution >= 0.6 is 22.6 Å². The molecule has 0 aromatic rings. The molecule has 1 aliphatic rings. The van der Waals surface area contributed by atoms with E-state index in [-0.39, 0.29) is 11.9 Å². The minimum absolute atomic E-state index is 0.0445. The molecular formula is C11H17IO2. The van der Waals surface area contributed by atoms with Crippen LogP contribution in [-0.2, 0) is 9.53 Å². The molecule has 0 fully saturated rings. The summed E-state index contributed by atoms with van der Waals surface area (Å²) in [7, 11) is 0. The molecule has 0 N–H and O–H groups in total. The van der Waals surface area contributed by atoms with Crippen LogP contribution in [0, 0.1) is 0 Å². The van der Waals surface area contributed by atoms with Crippen LogP contribution in [0.5, 0.6) is 0 Å². The summed E-state index contributed by atoms with van der Waals surface area (Å²) in [6.07, 6.45) is 4.67. The van der Waals surface area contributed by atoms with E-state index in [0.717, 1.165) is 18.4 Å². The van der Waals surface area contributed by atoms with Crippen LogP contribution < -0.4 is 0 Å². The molecule has 0 amide bonds. The summed E-state index contributed by atoms with van der Waals surface area (Å²) in [4.78, 5) is 11.6. The van der Waals surface area contributed by atoms with E-state index < -0.39 is 0 Å². The van der Waals surface area contributed by atoms with Crippen LogP contribution in [0.15, 0.2) is 11.6 Å². The van der Waals surface area contributed by atoms with Gasteiger partial charge >= 0.3 is 0 Å². The highest BCUT2D eigenvalue weighted by Gasteiger charge is 2.26. The molecule has 0 spiro atoms. The van der Waals surface area contributed by atoms with E-state index >= 15 is 0 Å². The topological polar surface area (TPSA) is 26.3 Å². The molecule has 80 valence electrons. The first kappa shape index (κ1) is 12.2. The first-order chi connectivity index (χ1) is 6.69. The number of rotatable bonds is 4. The van der Waals surface area contributed by atoms with Crippen LogP contribution in [0.25, 0.3) is 0 Å². The Morgan fingerprint density at radius 3 is 2.93 bits per heavy atom. The summed E-state index contributed by atoms with van der Waals surface area (Å²) < 4.78 is 6.20. The van der Waals surface area contributed by atoms with Crippen LogP contribution in [-0.4, -0.2) is 22.4 Å². The van der Waals surface area contributed by atoms with Gasteiger partial charge in [0.15, 0.2) is 5.78 Å². The van der Waals surface area contributed by atoms with Gasteiger partial charge in [-0.2, -0.15) is 0 Å². The predicted octanol–water partition coefficient (Wildman–Crippen LogP) is 2.89. The largest absolute Gasteiger partial charge is 0.374 e. The SMILES string of the molecule is CCO[C@H]1C[C@@H](I)CC=C1C(=O)CC. The second-order valence-electron chi connectivity index (χ2n) is 3.45. The fourth-order valence-corrected chi connectivity index (χ4v) is 2.41. The zero-order valence-corrected chi connectivity index (χ0v) is 10.9. The third kappa shape index (κ3) is 3.05. The Labute approximate surface area is 99.2 Å². The summed E-state index contributed by atoms with van der Waals surface area (Å²) >= 11 is 2.42. The molecule has 0 saturated heterocycles. The number of ether oxygens (including phenoxy) is 1. The predicted molar refractivity (Wildman–Crippen MR) is 65.8 cm³/mol. The third-order valence-corrected chi connectivity index (χ3v) is 3.44. The van der Waals surface area contributed by atoms with Crippen molar-refractivity contribution in [2.75, 3.05) is 6.61 Å². The van der Waals surface area contributed by atoms with Gasteiger partial charge in [0.1, 0.15) is 0 Å². The van der Waals surface area contributed by atoms with Crippen molar-refractivity contribution in [1.29, 1.82) is 0 Å². The highest BCUT2D eigenvalue weighted by atomic mass is 127. The van der Waals surface area contributed by atoms with E-state index in [2.05, 4.69) is 28.7 Å². The third-order valence-electron chi connectivity index (χ3n) is 2.42. The molecule has 3 heteroatoms. The minimum Gasteiger partial charge on any atom is -0.374 e. The molecule has 1 aliphatic carbocycles. The number of carbonyl (C=O) groups excluding carboxylic acids is 1. The summed E-state index contributed by atoms with van der Waals surface area (Å²) in [5.41, 5.74) is 0.905. The van der Waals surface area contributed by atoms with E-state index in [1.807, 2.05) is 13.8 Å². The van der Waals surface area contributed by atoms with E-state index in [1.165, 1.54) is 0 Å². The number of alkyl halides is 1. The molecule has 14 heavy (non-hydrogen) atoms.